The summed E-state index contributed by atoms with van der Waals surface area (Å²) in [4.78, 5) is 0. The third kappa shape index (κ3) is 3.93. The normalized spacial score (nSPS) is 13.1. The molecule has 1 rings (SSSR count). The molecular weight excluding hydrogens is 201 g/mol. The molecule has 1 aromatic rings. The summed E-state index contributed by atoms with van der Waals surface area (Å²) < 4.78 is 13.4. The highest BCUT2D eigenvalue weighted by atomic mass is 19.1. The lowest BCUT2D eigenvalue weighted by Crippen LogP contribution is -2.26. The average Bonchev–Trinajstić information content (AvgIpc) is 2.29. The Kier molecular flexibility index (Phi) is 5.47. The SMILES string of the molecule is CCC(CC)CC(N)Cc1ccccc1F. The number of halogens is 1. The van der Waals surface area contributed by atoms with Gasteiger partial charge < -0.3 is 5.73 Å². The van der Waals surface area contributed by atoms with E-state index in [4.69, 9.17) is 5.73 Å². The number of hydrogen-bond acceptors (Lipinski definition) is 1. The van der Waals surface area contributed by atoms with Gasteiger partial charge in [-0.25, -0.2) is 4.39 Å². The zero-order chi connectivity index (χ0) is 12.0. The van der Waals surface area contributed by atoms with E-state index in [1.54, 1.807) is 6.07 Å². The smallest absolute Gasteiger partial charge is 0.126 e. The van der Waals surface area contributed by atoms with Gasteiger partial charge in [-0.15, -0.1) is 0 Å². The number of benzene rings is 1. The standard InChI is InChI=1S/C14H22FN/c1-3-11(4-2)9-13(16)10-12-7-5-6-8-14(12)15/h5-8,11,13H,3-4,9-10,16H2,1-2H3. The first kappa shape index (κ1) is 13.2. The molecule has 2 heteroatoms. The van der Waals surface area contributed by atoms with E-state index in [2.05, 4.69) is 13.8 Å². The van der Waals surface area contributed by atoms with Crippen molar-refractivity contribution in [2.75, 3.05) is 0 Å². The maximum absolute atomic E-state index is 13.4. The molecule has 1 nitrogen and oxygen atoms in total. The number of rotatable bonds is 6. The molecule has 0 aliphatic heterocycles. The van der Waals surface area contributed by atoms with Gasteiger partial charge in [-0.1, -0.05) is 44.9 Å². The van der Waals surface area contributed by atoms with Gasteiger partial charge in [0.2, 0.25) is 0 Å². The second kappa shape index (κ2) is 6.64. The van der Waals surface area contributed by atoms with E-state index >= 15 is 0 Å². The van der Waals surface area contributed by atoms with Crippen LogP contribution in [-0.2, 0) is 6.42 Å². The summed E-state index contributed by atoms with van der Waals surface area (Å²) >= 11 is 0. The fraction of sp³-hybridized carbons (Fsp3) is 0.571. The summed E-state index contributed by atoms with van der Waals surface area (Å²) in [6.07, 6.45) is 3.94. The van der Waals surface area contributed by atoms with Gasteiger partial charge in [-0.05, 0) is 30.4 Å². The van der Waals surface area contributed by atoms with E-state index in [1.165, 1.54) is 6.07 Å². The second-order valence-electron chi connectivity index (χ2n) is 4.47. The molecule has 0 saturated heterocycles. The molecule has 90 valence electrons. The fourth-order valence-electron chi connectivity index (χ4n) is 2.08. The fourth-order valence-corrected chi connectivity index (χ4v) is 2.08. The highest BCUT2D eigenvalue weighted by Crippen LogP contribution is 2.17. The third-order valence-corrected chi connectivity index (χ3v) is 3.23. The lowest BCUT2D eigenvalue weighted by atomic mass is 9.92. The summed E-state index contributed by atoms with van der Waals surface area (Å²) in [5.74, 6) is 0.532. The van der Waals surface area contributed by atoms with Crippen LogP contribution in [0, 0.1) is 11.7 Å². The quantitative estimate of drug-likeness (QED) is 0.784. The Labute approximate surface area is 97.9 Å². The lowest BCUT2D eigenvalue weighted by Gasteiger charge is -2.18. The van der Waals surface area contributed by atoms with Crippen LogP contribution in [0.25, 0.3) is 0 Å². The summed E-state index contributed by atoms with van der Waals surface area (Å²) in [6, 6.07) is 6.97. The van der Waals surface area contributed by atoms with E-state index in [-0.39, 0.29) is 11.9 Å². The van der Waals surface area contributed by atoms with Gasteiger partial charge in [0, 0.05) is 6.04 Å². The van der Waals surface area contributed by atoms with Gasteiger partial charge >= 0.3 is 0 Å². The molecule has 0 aliphatic rings. The van der Waals surface area contributed by atoms with Crippen LogP contribution in [0.1, 0.15) is 38.7 Å². The van der Waals surface area contributed by atoms with E-state index < -0.39 is 0 Å². The number of hydrogen-bond donors (Lipinski definition) is 1. The Balaban J connectivity index is 2.51. The van der Waals surface area contributed by atoms with Crippen molar-refractivity contribution in [1.82, 2.24) is 0 Å². The van der Waals surface area contributed by atoms with Crippen molar-refractivity contribution in [3.8, 4) is 0 Å². The first-order chi connectivity index (χ1) is 7.67. The van der Waals surface area contributed by atoms with Crippen LogP contribution < -0.4 is 5.73 Å². The highest BCUT2D eigenvalue weighted by molar-refractivity contribution is 5.18. The molecule has 0 spiro atoms. The molecule has 0 aliphatic carbocycles. The van der Waals surface area contributed by atoms with Crippen molar-refractivity contribution in [3.05, 3.63) is 35.6 Å². The van der Waals surface area contributed by atoms with Crippen LogP contribution in [0.3, 0.4) is 0 Å². The van der Waals surface area contributed by atoms with Crippen molar-refractivity contribution in [2.24, 2.45) is 11.7 Å². The average molecular weight is 223 g/mol. The number of nitrogens with two attached hydrogens (primary N) is 1. The molecule has 0 saturated carbocycles. The molecular formula is C14H22FN. The van der Waals surface area contributed by atoms with Crippen LogP contribution in [0.15, 0.2) is 24.3 Å². The topological polar surface area (TPSA) is 26.0 Å². The second-order valence-corrected chi connectivity index (χ2v) is 4.47. The molecule has 16 heavy (non-hydrogen) atoms. The van der Waals surface area contributed by atoms with Gasteiger partial charge in [0.15, 0.2) is 0 Å². The lowest BCUT2D eigenvalue weighted by molar-refractivity contribution is 0.405. The summed E-state index contributed by atoms with van der Waals surface area (Å²) in [5, 5.41) is 0. The van der Waals surface area contributed by atoms with Gasteiger partial charge in [0.25, 0.3) is 0 Å². The van der Waals surface area contributed by atoms with Gasteiger partial charge in [0.1, 0.15) is 5.82 Å². The van der Waals surface area contributed by atoms with E-state index in [9.17, 15) is 4.39 Å². The Morgan fingerprint density at radius 1 is 1.19 bits per heavy atom. The molecule has 0 amide bonds. The van der Waals surface area contributed by atoms with Crippen molar-refractivity contribution < 1.29 is 4.39 Å². The predicted octanol–water partition coefficient (Wildman–Crippen LogP) is 3.52. The van der Waals surface area contributed by atoms with Gasteiger partial charge in [-0.2, -0.15) is 0 Å². The molecule has 2 N–H and O–H groups in total. The van der Waals surface area contributed by atoms with Gasteiger partial charge in [-0.3, -0.25) is 0 Å². The molecule has 0 heterocycles. The zero-order valence-electron chi connectivity index (χ0n) is 10.2. The molecule has 1 unspecified atom stereocenters. The molecule has 0 aromatic heterocycles. The summed E-state index contributed by atoms with van der Waals surface area (Å²) in [7, 11) is 0. The molecule has 0 bridgehead atoms. The largest absolute Gasteiger partial charge is 0.327 e. The van der Waals surface area contributed by atoms with Crippen LogP contribution in [0.5, 0.6) is 0 Å². The minimum absolute atomic E-state index is 0.0711. The van der Waals surface area contributed by atoms with Crippen LogP contribution in [0.2, 0.25) is 0 Å². The molecule has 1 aromatic carbocycles. The Morgan fingerprint density at radius 2 is 1.81 bits per heavy atom. The van der Waals surface area contributed by atoms with Crippen molar-refractivity contribution >= 4 is 0 Å². The van der Waals surface area contributed by atoms with Crippen LogP contribution >= 0.6 is 0 Å². The molecule has 0 fully saturated rings. The van der Waals surface area contributed by atoms with Crippen molar-refractivity contribution in [2.45, 2.75) is 45.6 Å². The third-order valence-electron chi connectivity index (χ3n) is 3.23. The summed E-state index contributed by atoms with van der Waals surface area (Å²) in [6.45, 7) is 4.37. The van der Waals surface area contributed by atoms with Gasteiger partial charge in [0.05, 0.1) is 0 Å². The molecule has 0 radical (unpaired) electrons. The monoisotopic (exact) mass is 223 g/mol. The Bertz CT molecular complexity index is 307. The highest BCUT2D eigenvalue weighted by Gasteiger charge is 2.12. The van der Waals surface area contributed by atoms with E-state index in [1.807, 2.05) is 12.1 Å². The zero-order valence-corrected chi connectivity index (χ0v) is 10.2. The maximum Gasteiger partial charge on any atom is 0.126 e. The first-order valence-electron chi connectivity index (χ1n) is 6.16. The Morgan fingerprint density at radius 3 is 2.38 bits per heavy atom. The summed E-state index contributed by atoms with van der Waals surface area (Å²) in [5.41, 5.74) is 6.80. The first-order valence-corrected chi connectivity index (χ1v) is 6.16. The van der Waals surface area contributed by atoms with E-state index in [0.717, 1.165) is 24.8 Å². The minimum Gasteiger partial charge on any atom is -0.327 e. The minimum atomic E-state index is -0.137. The van der Waals surface area contributed by atoms with E-state index in [0.29, 0.717) is 12.3 Å². The molecule has 1 atom stereocenters. The Hall–Kier alpha value is -0.890. The van der Waals surface area contributed by atoms with Crippen LogP contribution in [0.4, 0.5) is 4.39 Å². The van der Waals surface area contributed by atoms with Crippen molar-refractivity contribution in [3.63, 3.8) is 0 Å². The van der Waals surface area contributed by atoms with Crippen molar-refractivity contribution in [1.29, 1.82) is 0 Å². The predicted molar refractivity (Wildman–Crippen MR) is 66.8 cm³/mol. The maximum atomic E-state index is 13.4. The van der Waals surface area contributed by atoms with Crippen LogP contribution in [-0.4, -0.2) is 6.04 Å².